The number of para-hydroxylation sites is 2. The second kappa shape index (κ2) is 5.08. The van der Waals surface area contributed by atoms with Crippen molar-refractivity contribution in [1.82, 2.24) is 4.90 Å². The molecule has 1 heterocycles. The molecule has 0 aromatic heterocycles. The first kappa shape index (κ1) is 11.8. The number of carbonyl (C=O) groups is 1. The van der Waals surface area contributed by atoms with Crippen LogP contribution in [-0.2, 0) is 4.79 Å². The predicted molar refractivity (Wildman–Crippen MR) is 64.3 cm³/mol. The Morgan fingerprint density at radius 1 is 1.29 bits per heavy atom. The summed E-state index contributed by atoms with van der Waals surface area (Å²) in [6.45, 7) is 5.58. The number of hydrogen-bond donors (Lipinski definition) is 0. The molecule has 1 aliphatic rings. The van der Waals surface area contributed by atoms with Crippen molar-refractivity contribution in [3.63, 3.8) is 0 Å². The Morgan fingerprint density at radius 3 is 2.59 bits per heavy atom. The minimum Gasteiger partial charge on any atom is -0.485 e. The molecule has 0 N–H and O–H groups in total. The molecule has 0 fully saturated rings. The van der Waals surface area contributed by atoms with E-state index >= 15 is 0 Å². The van der Waals surface area contributed by atoms with Crippen molar-refractivity contribution in [1.29, 1.82) is 0 Å². The van der Waals surface area contributed by atoms with Crippen LogP contribution in [0.2, 0.25) is 0 Å². The van der Waals surface area contributed by atoms with Gasteiger partial charge >= 0.3 is 0 Å². The van der Waals surface area contributed by atoms with Crippen LogP contribution in [0.3, 0.4) is 0 Å². The van der Waals surface area contributed by atoms with Crippen LogP contribution in [0.1, 0.15) is 13.8 Å². The molecule has 1 atom stereocenters. The first-order valence-electron chi connectivity index (χ1n) is 5.93. The highest BCUT2D eigenvalue weighted by atomic mass is 16.6. The van der Waals surface area contributed by atoms with Gasteiger partial charge in [0.15, 0.2) is 11.5 Å². The number of amides is 1. The Balaban J connectivity index is 2.09. The summed E-state index contributed by atoms with van der Waals surface area (Å²) in [5.41, 5.74) is 0. The molecule has 1 aromatic rings. The number of rotatable bonds is 3. The van der Waals surface area contributed by atoms with E-state index in [0.29, 0.717) is 24.6 Å². The van der Waals surface area contributed by atoms with Crippen molar-refractivity contribution >= 4 is 5.91 Å². The summed E-state index contributed by atoms with van der Waals surface area (Å²) in [5.74, 6) is 1.34. The molecular weight excluding hydrogens is 218 g/mol. The molecule has 4 nitrogen and oxygen atoms in total. The molecule has 0 bridgehead atoms. The zero-order chi connectivity index (χ0) is 12.3. The van der Waals surface area contributed by atoms with E-state index in [-0.39, 0.29) is 12.5 Å². The Morgan fingerprint density at radius 2 is 1.94 bits per heavy atom. The molecule has 1 aliphatic heterocycles. The summed E-state index contributed by atoms with van der Waals surface area (Å²) in [5, 5.41) is 0. The molecule has 4 heteroatoms. The number of carbonyl (C=O) groups excluding carboxylic acids is 1. The molecule has 2 rings (SSSR count). The average Bonchev–Trinajstić information content (AvgIpc) is 2.39. The standard InChI is InChI=1S/C13H17NO3/c1-3-14(4-2)13(15)12-9-16-10-7-5-6-8-11(10)17-12/h5-8,12H,3-4,9H2,1-2H3/t12-/m1/s1. The molecular formula is C13H17NO3. The number of hydrogen-bond acceptors (Lipinski definition) is 3. The molecule has 0 saturated carbocycles. The molecule has 92 valence electrons. The maximum absolute atomic E-state index is 12.1. The van der Waals surface area contributed by atoms with Crippen molar-refractivity contribution < 1.29 is 14.3 Å². The maximum Gasteiger partial charge on any atom is 0.267 e. The van der Waals surface area contributed by atoms with Gasteiger partial charge < -0.3 is 14.4 Å². The average molecular weight is 235 g/mol. The normalized spacial score (nSPS) is 17.6. The topological polar surface area (TPSA) is 38.8 Å². The highest BCUT2D eigenvalue weighted by Crippen LogP contribution is 2.31. The highest BCUT2D eigenvalue weighted by molar-refractivity contribution is 5.81. The summed E-state index contributed by atoms with van der Waals surface area (Å²) in [6, 6.07) is 7.41. The number of nitrogens with zero attached hydrogens (tertiary/aromatic N) is 1. The van der Waals surface area contributed by atoms with Gasteiger partial charge in [-0.25, -0.2) is 0 Å². The maximum atomic E-state index is 12.1. The van der Waals surface area contributed by atoms with Crippen molar-refractivity contribution in [2.45, 2.75) is 20.0 Å². The Hall–Kier alpha value is -1.71. The third-order valence-corrected chi connectivity index (χ3v) is 2.86. The zero-order valence-corrected chi connectivity index (χ0v) is 10.2. The largest absolute Gasteiger partial charge is 0.485 e. The SMILES string of the molecule is CCN(CC)C(=O)[C@H]1COc2ccccc2O1. The van der Waals surface area contributed by atoms with E-state index in [2.05, 4.69) is 0 Å². The smallest absolute Gasteiger partial charge is 0.267 e. The summed E-state index contributed by atoms with van der Waals surface area (Å²) in [7, 11) is 0. The second-order valence-electron chi connectivity index (χ2n) is 3.87. The van der Waals surface area contributed by atoms with Crippen LogP contribution in [0.4, 0.5) is 0 Å². The van der Waals surface area contributed by atoms with Gasteiger partial charge in [-0.15, -0.1) is 0 Å². The second-order valence-corrected chi connectivity index (χ2v) is 3.87. The number of ether oxygens (including phenoxy) is 2. The van der Waals surface area contributed by atoms with Gasteiger partial charge in [0.25, 0.3) is 5.91 Å². The van der Waals surface area contributed by atoms with Gasteiger partial charge in [0.2, 0.25) is 6.10 Å². The lowest BCUT2D eigenvalue weighted by Crippen LogP contribution is -2.46. The number of fused-ring (bicyclic) bond motifs is 1. The lowest BCUT2D eigenvalue weighted by Gasteiger charge is -2.29. The van der Waals surface area contributed by atoms with Crippen molar-refractivity contribution in [3.05, 3.63) is 24.3 Å². The van der Waals surface area contributed by atoms with Crippen LogP contribution in [0, 0.1) is 0 Å². The van der Waals surface area contributed by atoms with E-state index in [9.17, 15) is 4.79 Å². The first-order valence-corrected chi connectivity index (χ1v) is 5.93. The summed E-state index contributed by atoms with van der Waals surface area (Å²) >= 11 is 0. The van der Waals surface area contributed by atoms with Gasteiger partial charge in [-0.05, 0) is 26.0 Å². The molecule has 0 radical (unpaired) electrons. The van der Waals surface area contributed by atoms with Gasteiger partial charge in [-0.3, -0.25) is 4.79 Å². The van der Waals surface area contributed by atoms with Crippen molar-refractivity contribution in [2.24, 2.45) is 0 Å². The van der Waals surface area contributed by atoms with E-state index in [0.717, 1.165) is 0 Å². The Kier molecular flexibility index (Phi) is 3.52. The molecule has 1 aromatic carbocycles. The van der Waals surface area contributed by atoms with E-state index < -0.39 is 6.10 Å². The minimum absolute atomic E-state index is 0.00972. The Bertz CT molecular complexity index is 401. The number of likely N-dealkylation sites (N-methyl/N-ethyl adjacent to an activating group) is 1. The summed E-state index contributed by atoms with van der Waals surface area (Å²) in [4.78, 5) is 13.8. The van der Waals surface area contributed by atoms with Gasteiger partial charge in [-0.2, -0.15) is 0 Å². The fraction of sp³-hybridized carbons (Fsp3) is 0.462. The minimum atomic E-state index is -0.523. The van der Waals surface area contributed by atoms with Gasteiger partial charge in [0.05, 0.1) is 0 Å². The lowest BCUT2D eigenvalue weighted by atomic mass is 10.2. The van der Waals surface area contributed by atoms with E-state index in [4.69, 9.17) is 9.47 Å². The Labute approximate surface area is 101 Å². The molecule has 0 spiro atoms. The number of benzene rings is 1. The monoisotopic (exact) mass is 235 g/mol. The van der Waals surface area contributed by atoms with Crippen molar-refractivity contribution in [2.75, 3.05) is 19.7 Å². The molecule has 17 heavy (non-hydrogen) atoms. The molecule has 0 saturated heterocycles. The lowest BCUT2D eigenvalue weighted by molar-refractivity contribution is -0.140. The fourth-order valence-electron chi connectivity index (χ4n) is 1.88. The van der Waals surface area contributed by atoms with Crippen LogP contribution in [0.5, 0.6) is 11.5 Å². The first-order chi connectivity index (χ1) is 8.26. The zero-order valence-electron chi connectivity index (χ0n) is 10.2. The fourth-order valence-corrected chi connectivity index (χ4v) is 1.88. The molecule has 1 amide bonds. The molecule has 0 aliphatic carbocycles. The van der Waals surface area contributed by atoms with Crippen LogP contribution in [-0.4, -0.2) is 36.6 Å². The van der Waals surface area contributed by atoms with Gasteiger partial charge in [0.1, 0.15) is 6.61 Å². The van der Waals surface area contributed by atoms with Crippen LogP contribution in [0.15, 0.2) is 24.3 Å². The highest BCUT2D eigenvalue weighted by Gasteiger charge is 2.29. The quantitative estimate of drug-likeness (QED) is 0.800. The third kappa shape index (κ3) is 2.35. The summed E-state index contributed by atoms with van der Waals surface area (Å²) in [6.07, 6.45) is -0.523. The summed E-state index contributed by atoms with van der Waals surface area (Å²) < 4.78 is 11.2. The van der Waals surface area contributed by atoms with Gasteiger partial charge in [-0.1, -0.05) is 12.1 Å². The van der Waals surface area contributed by atoms with E-state index in [1.807, 2.05) is 38.1 Å². The van der Waals surface area contributed by atoms with Crippen molar-refractivity contribution in [3.8, 4) is 11.5 Å². The third-order valence-electron chi connectivity index (χ3n) is 2.86. The van der Waals surface area contributed by atoms with E-state index in [1.165, 1.54) is 0 Å². The van der Waals surface area contributed by atoms with Crippen LogP contribution < -0.4 is 9.47 Å². The molecule has 0 unspecified atom stereocenters. The van der Waals surface area contributed by atoms with Crippen LogP contribution in [0.25, 0.3) is 0 Å². The van der Waals surface area contributed by atoms with Crippen LogP contribution >= 0.6 is 0 Å². The van der Waals surface area contributed by atoms with Gasteiger partial charge in [0, 0.05) is 13.1 Å². The van der Waals surface area contributed by atoms with E-state index in [1.54, 1.807) is 4.90 Å². The predicted octanol–water partition coefficient (Wildman–Crippen LogP) is 1.69.